The van der Waals surface area contributed by atoms with E-state index < -0.39 is 40.9 Å². The third kappa shape index (κ3) is 5.29. The minimum atomic E-state index is -3.39. The van der Waals surface area contributed by atoms with Crippen molar-refractivity contribution in [1.82, 2.24) is 5.32 Å². The molecule has 0 radical (unpaired) electrons. The average molecular weight is 384 g/mol. The van der Waals surface area contributed by atoms with Crippen molar-refractivity contribution in [2.75, 3.05) is 22.3 Å². The Kier molecular flexibility index (Phi) is 6.54. The van der Waals surface area contributed by atoms with E-state index in [4.69, 9.17) is 0 Å². The largest absolute Gasteiger partial charge is 0.325 e. The molecule has 6 nitrogen and oxygen atoms in total. The number of aryl methyl sites for hydroxylation is 1. The van der Waals surface area contributed by atoms with Gasteiger partial charge in [-0.15, -0.1) is 12.4 Å². The van der Waals surface area contributed by atoms with Gasteiger partial charge in [-0.2, -0.15) is 0 Å². The molecule has 1 aromatic carbocycles. The van der Waals surface area contributed by atoms with Crippen LogP contribution in [-0.4, -0.2) is 38.6 Å². The zero-order valence-corrected chi connectivity index (χ0v) is 14.9. The van der Waals surface area contributed by atoms with Crippen LogP contribution in [0.1, 0.15) is 18.9 Å². The quantitative estimate of drug-likeness (QED) is 0.726. The number of nitrogens with one attached hydrogen (secondary N) is 3. The maximum absolute atomic E-state index is 13.1. The minimum absolute atomic E-state index is 0. The zero-order valence-electron chi connectivity index (χ0n) is 13.2. The summed E-state index contributed by atoms with van der Waals surface area (Å²) >= 11 is 0. The highest BCUT2D eigenvalue weighted by molar-refractivity contribution is 7.92. The molecule has 0 saturated carbocycles. The Morgan fingerprint density at radius 1 is 1.42 bits per heavy atom. The molecule has 10 heteroatoms. The molecule has 1 amide bonds. The number of anilines is 2. The number of sulfonamides is 1. The molecule has 1 aromatic rings. The van der Waals surface area contributed by atoms with Crippen LogP contribution in [0, 0.1) is 6.92 Å². The van der Waals surface area contributed by atoms with Crippen LogP contribution in [0.4, 0.5) is 20.2 Å². The summed E-state index contributed by atoms with van der Waals surface area (Å²) in [6.45, 7) is 2.70. The molecular formula is C14H20ClF2N3O3S. The molecule has 1 fully saturated rings. The molecule has 0 aromatic heterocycles. The first-order valence-corrected chi connectivity index (χ1v) is 8.80. The van der Waals surface area contributed by atoms with E-state index in [1.807, 2.05) is 0 Å². The van der Waals surface area contributed by atoms with Gasteiger partial charge in [-0.3, -0.25) is 14.8 Å². The van der Waals surface area contributed by atoms with Gasteiger partial charge >= 0.3 is 0 Å². The summed E-state index contributed by atoms with van der Waals surface area (Å²) in [6.07, 6.45) is -0.536. The third-order valence-corrected chi connectivity index (χ3v) is 4.86. The Morgan fingerprint density at radius 2 is 2.08 bits per heavy atom. The first kappa shape index (κ1) is 20.6. The van der Waals surface area contributed by atoms with Gasteiger partial charge in [0, 0.05) is 12.1 Å². The van der Waals surface area contributed by atoms with Gasteiger partial charge in [-0.25, -0.2) is 17.2 Å². The standard InChI is InChI=1S/C14H19F2N3O3S.ClH/c1-3-23(21,22)19-11-5-4-10(6-9(11)2)18-13(20)12-7-14(15,16)8-17-12;/h4-6,12,17,19H,3,7-8H2,1-2H3,(H,18,20);1H. The second-order valence-corrected chi connectivity index (χ2v) is 7.53. The molecule has 1 atom stereocenters. The summed E-state index contributed by atoms with van der Waals surface area (Å²) in [6, 6.07) is 3.68. The summed E-state index contributed by atoms with van der Waals surface area (Å²) in [5.74, 6) is -3.46. The maximum atomic E-state index is 13.1. The Bertz CT molecular complexity index is 713. The van der Waals surface area contributed by atoms with Gasteiger partial charge in [0.2, 0.25) is 15.9 Å². The molecule has 2 rings (SSSR count). The first-order chi connectivity index (χ1) is 10.6. The first-order valence-electron chi connectivity index (χ1n) is 7.15. The van der Waals surface area contributed by atoms with E-state index in [2.05, 4.69) is 15.4 Å². The lowest BCUT2D eigenvalue weighted by Gasteiger charge is -2.14. The van der Waals surface area contributed by atoms with Gasteiger partial charge in [0.25, 0.3) is 5.92 Å². The fraction of sp³-hybridized carbons (Fsp3) is 0.500. The highest BCUT2D eigenvalue weighted by atomic mass is 35.5. The monoisotopic (exact) mass is 383 g/mol. The van der Waals surface area contributed by atoms with Crippen molar-refractivity contribution in [3.05, 3.63) is 23.8 Å². The van der Waals surface area contributed by atoms with Crippen LogP contribution < -0.4 is 15.4 Å². The van der Waals surface area contributed by atoms with Gasteiger partial charge in [0.05, 0.1) is 24.0 Å². The summed E-state index contributed by atoms with van der Waals surface area (Å²) < 4.78 is 51.7. The van der Waals surface area contributed by atoms with Crippen molar-refractivity contribution >= 4 is 39.7 Å². The van der Waals surface area contributed by atoms with Crippen LogP contribution >= 0.6 is 12.4 Å². The molecular weight excluding hydrogens is 364 g/mol. The van der Waals surface area contributed by atoms with Crippen LogP contribution in [-0.2, 0) is 14.8 Å². The fourth-order valence-electron chi connectivity index (χ4n) is 2.23. The van der Waals surface area contributed by atoms with Crippen molar-refractivity contribution in [2.45, 2.75) is 32.2 Å². The number of rotatable bonds is 5. The number of benzene rings is 1. The van der Waals surface area contributed by atoms with Crippen molar-refractivity contribution in [3.63, 3.8) is 0 Å². The van der Waals surface area contributed by atoms with Crippen molar-refractivity contribution < 1.29 is 22.0 Å². The molecule has 1 aliphatic rings. The summed E-state index contributed by atoms with van der Waals surface area (Å²) in [5.41, 5.74) is 1.45. The van der Waals surface area contributed by atoms with Crippen LogP contribution in [0.15, 0.2) is 18.2 Å². The Balaban J connectivity index is 0.00000288. The normalized spacial score (nSPS) is 19.4. The van der Waals surface area contributed by atoms with Crippen LogP contribution in [0.3, 0.4) is 0 Å². The van der Waals surface area contributed by atoms with E-state index in [9.17, 15) is 22.0 Å². The molecule has 1 saturated heterocycles. The topological polar surface area (TPSA) is 87.3 Å². The summed E-state index contributed by atoms with van der Waals surface area (Å²) in [4.78, 5) is 12.0. The van der Waals surface area contributed by atoms with Gasteiger partial charge in [-0.1, -0.05) is 0 Å². The van der Waals surface area contributed by atoms with Gasteiger partial charge in [-0.05, 0) is 37.6 Å². The highest BCUT2D eigenvalue weighted by Gasteiger charge is 2.42. The van der Waals surface area contributed by atoms with Crippen LogP contribution in [0.5, 0.6) is 0 Å². The number of halogens is 3. The molecule has 136 valence electrons. The lowest BCUT2D eigenvalue weighted by molar-refractivity contribution is -0.118. The molecule has 0 spiro atoms. The highest BCUT2D eigenvalue weighted by Crippen LogP contribution is 2.26. The molecule has 0 aliphatic carbocycles. The van der Waals surface area contributed by atoms with Gasteiger partial charge in [0.15, 0.2) is 0 Å². The number of hydrogen-bond acceptors (Lipinski definition) is 4. The van der Waals surface area contributed by atoms with E-state index in [-0.39, 0.29) is 18.2 Å². The lowest BCUT2D eigenvalue weighted by Crippen LogP contribution is -2.35. The van der Waals surface area contributed by atoms with E-state index in [0.717, 1.165) is 0 Å². The van der Waals surface area contributed by atoms with Gasteiger partial charge in [0.1, 0.15) is 0 Å². The van der Waals surface area contributed by atoms with E-state index in [0.29, 0.717) is 16.9 Å². The molecule has 1 heterocycles. The number of carbonyl (C=O) groups is 1. The summed E-state index contributed by atoms with van der Waals surface area (Å²) in [7, 11) is -3.39. The maximum Gasteiger partial charge on any atom is 0.262 e. The number of amides is 1. The average Bonchev–Trinajstić information content (AvgIpc) is 2.82. The van der Waals surface area contributed by atoms with E-state index >= 15 is 0 Å². The molecule has 3 N–H and O–H groups in total. The van der Waals surface area contributed by atoms with E-state index in [1.54, 1.807) is 13.0 Å². The lowest BCUT2D eigenvalue weighted by atomic mass is 10.1. The predicted octanol–water partition coefficient (Wildman–Crippen LogP) is 2.11. The predicted molar refractivity (Wildman–Crippen MR) is 91.5 cm³/mol. The van der Waals surface area contributed by atoms with Crippen molar-refractivity contribution in [2.24, 2.45) is 0 Å². The fourth-order valence-corrected chi connectivity index (χ4v) is 2.93. The minimum Gasteiger partial charge on any atom is -0.325 e. The molecule has 1 aliphatic heterocycles. The summed E-state index contributed by atoms with van der Waals surface area (Å²) in [5, 5.41) is 5.03. The van der Waals surface area contributed by atoms with Crippen molar-refractivity contribution in [3.8, 4) is 0 Å². The SMILES string of the molecule is CCS(=O)(=O)Nc1ccc(NC(=O)C2CC(F)(F)CN2)cc1C.Cl. The van der Waals surface area contributed by atoms with Crippen LogP contribution in [0.2, 0.25) is 0 Å². The zero-order chi connectivity index (χ0) is 17.3. The smallest absolute Gasteiger partial charge is 0.262 e. The second kappa shape index (κ2) is 7.62. The second-order valence-electron chi connectivity index (χ2n) is 5.52. The van der Waals surface area contributed by atoms with E-state index in [1.165, 1.54) is 19.1 Å². The van der Waals surface area contributed by atoms with Crippen LogP contribution in [0.25, 0.3) is 0 Å². The Morgan fingerprint density at radius 3 is 2.58 bits per heavy atom. The van der Waals surface area contributed by atoms with Crippen molar-refractivity contribution in [1.29, 1.82) is 0 Å². The van der Waals surface area contributed by atoms with Gasteiger partial charge < -0.3 is 5.32 Å². The number of hydrogen-bond donors (Lipinski definition) is 3. The molecule has 24 heavy (non-hydrogen) atoms. The molecule has 0 bridgehead atoms. The molecule has 1 unspecified atom stereocenters. The Labute approximate surface area is 145 Å². The third-order valence-electron chi connectivity index (χ3n) is 3.57. The Hall–Kier alpha value is -1.45. The number of carbonyl (C=O) groups excluding carboxylic acids is 1. The number of alkyl halides is 2.